The van der Waals surface area contributed by atoms with Crippen molar-refractivity contribution < 1.29 is 4.79 Å². The van der Waals surface area contributed by atoms with Crippen LogP contribution in [-0.4, -0.2) is 53.8 Å². The molecular formula is C15H26N2O. The van der Waals surface area contributed by atoms with Crippen LogP contribution in [0.1, 0.15) is 51.4 Å². The van der Waals surface area contributed by atoms with Crippen molar-refractivity contribution in [2.45, 2.75) is 63.5 Å². The van der Waals surface area contributed by atoms with Crippen LogP contribution < -0.4 is 0 Å². The number of nitrogens with zero attached hydrogens (tertiary/aromatic N) is 2. The lowest BCUT2D eigenvalue weighted by atomic mass is 10.0. The summed E-state index contributed by atoms with van der Waals surface area (Å²) in [5, 5.41) is 0. The highest BCUT2D eigenvalue weighted by atomic mass is 16.1. The first-order valence-electron chi connectivity index (χ1n) is 7.83. The van der Waals surface area contributed by atoms with Crippen LogP contribution in [0.3, 0.4) is 0 Å². The standard InChI is InChI=1S/C15H26N2O/c18-15-11-13-5-6-14(12-15)17(13)10-4-9-16-7-2-1-3-8-16/h13-14H,1-12H2. The molecule has 0 aromatic rings. The summed E-state index contributed by atoms with van der Waals surface area (Å²) in [5.41, 5.74) is 0. The van der Waals surface area contributed by atoms with Gasteiger partial charge in [0.15, 0.2) is 0 Å². The van der Waals surface area contributed by atoms with Crippen molar-refractivity contribution in [3.8, 4) is 0 Å². The maximum Gasteiger partial charge on any atom is 0.136 e. The molecule has 0 aromatic carbocycles. The molecule has 0 N–H and O–H groups in total. The second kappa shape index (κ2) is 5.70. The van der Waals surface area contributed by atoms with Crippen molar-refractivity contribution >= 4 is 5.78 Å². The molecule has 0 amide bonds. The molecule has 0 radical (unpaired) electrons. The SMILES string of the molecule is O=C1CC2CCC(C1)N2CCCN1CCCCC1. The van der Waals surface area contributed by atoms with Crippen molar-refractivity contribution in [2.75, 3.05) is 26.2 Å². The molecule has 0 aromatic heterocycles. The summed E-state index contributed by atoms with van der Waals surface area (Å²) in [5.74, 6) is 0.509. The number of piperidine rings is 2. The molecule has 102 valence electrons. The highest BCUT2D eigenvalue weighted by Gasteiger charge is 2.39. The molecule has 0 spiro atoms. The average molecular weight is 250 g/mol. The lowest BCUT2D eigenvalue weighted by molar-refractivity contribution is -0.123. The minimum Gasteiger partial charge on any atom is -0.303 e. The fraction of sp³-hybridized carbons (Fsp3) is 0.933. The highest BCUT2D eigenvalue weighted by Crippen LogP contribution is 2.33. The Morgan fingerprint density at radius 2 is 1.61 bits per heavy atom. The second-order valence-electron chi connectivity index (χ2n) is 6.33. The van der Waals surface area contributed by atoms with Gasteiger partial charge in [-0.15, -0.1) is 0 Å². The smallest absolute Gasteiger partial charge is 0.136 e. The lowest BCUT2D eigenvalue weighted by Gasteiger charge is -2.35. The van der Waals surface area contributed by atoms with E-state index in [-0.39, 0.29) is 0 Å². The molecule has 2 unspecified atom stereocenters. The molecule has 3 heteroatoms. The van der Waals surface area contributed by atoms with E-state index in [1.54, 1.807) is 0 Å². The minimum absolute atomic E-state index is 0.509. The average Bonchev–Trinajstić information content (AvgIpc) is 2.63. The van der Waals surface area contributed by atoms with Crippen molar-refractivity contribution in [2.24, 2.45) is 0 Å². The third-order valence-electron chi connectivity index (χ3n) is 5.04. The molecule has 3 aliphatic heterocycles. The first-order valence-corrected chi connectivity index (χ1v) is 7.83. The predicted octanol–water partition coefficient (Wildman–Crippen LogP) is 2.06. The number of ketones is 1. The van der Waals surface area contributed by atoms with Gasteiger partial charge in [0.1, 0.15) is 5.78 Å². The monoisotopic (exact) mass is 250 g/mol. The molecule has 3 heterocycles. The molecule has 0 saturated carbocycles. The Bertz CT molecular complexity index is 283. The Balaban J connectivity index is 1.42. The Hall–Kier alpha value is -0.410. The van der Waals surface area contributed by atoms with Gasteiger partial charge in [-0.25, -0.2) is 0 Å². The van der Waals surface area contributed by atoms with Gasteiger partial charge in [0.25, 0.3) is 0 Å². The normalized spacial score (nSPS) is 34.1. The van der Waals surface area contributed by atoms with Crippen LogP contribution in [0, 0.1) is 0 Å². The largest absolute Gasteiger partial charge is 0.303 e. The zero-order chi connectivity index (χ0) is 12.4. The number of Topliss-reactive ketones (excluding diaryl/α,β-unsaturated/α-hetero) is 1. The van der Waals surface area contributed by atoms with Crippen LogP contribution in [0.15, 0.2) is 0 Å². The third kappa shape index (κ3) is 2.77. The van der Waals surface area contributed by atoms with E-state index in [0.717, 1.165) is 12.8 Å². The van der Waals surface area contributed by atoms with E-state index in [1.807, 2.05) is 0 Å². The number of rotatable bonds is 4. The Kier molecular flexibility index (Phi) is 4.00. The highest BCUT2D eigenvalue weighted by molar-refractivity contribution is 5.80. The molecule has 3 nitrogen and oxygen atoms in total. The van der Waals surface area contributed by atoms with Crippen molar-refractivity contribution in [3.05, 3.63) is 0 Å². The van der Waals surface area contributed by atoms with Gasteiger partial charge >= 0.3 is 0 Å². The maximum atomic E-state index is 11.6. The fourth-order valence-corrected chi connectivity index (χ4v) is 4.09. The van der Waals surface area contributed by atoms with Gasteiger partial charge in [-0.05, 0) is 58.3 Å². The maximum absolute atomic E-state index is 11.6. The zero-order valence-corrected chi connectivity index (χ0v) is 11.4. The molecular weight excluding hydrogens is 224 g/mol. The van der Waals surface area contributed by atoms with Crippen LogP contribution in [0.4, 0.5) is 0 Å². The second-order valence-corrected chi connectivity index (χ2v) is 6.33. The molecule has 18 heavy (non-hydrogen) atoms. The first kappa shape index (κ1) is 12.6. The van der Waals surface area contributed by atoms with Crippen LogP contribution in [0.2, 0.25) is 0 Å². The predicted molar refractivity (Wildman–Crippen MR) is 72.7 cm³/mol. The van der Waals surface area contributed by atoms with Crippen molar-refractivity contribution in [3.63, 3.8) is 0 Å². The third-order valence-corrected chi connectivity index (χ3v) is 5.04. The summed E-state index contributed by atoms with van der Waals surface area (Å²) in [7, 11) is 0. The summed E-state index contributed by atoms with van der Waals surface area (Å²) >= 11 is 0. The van der Waals surface area contributed by atoms with Crippen LogP contribution in [0.5, 0.6) is 0 Å². The summed E-state index contributed by atoms with van der Waals surface area (Å²) in [6, 6.07) is 1.19. The van der Waals surface area contributed by atoms with Gasteiger partial charge in [-0.3, -0.25) is 9.69 Å². The van der Waals surface area contributed by atoms with E-state index in [0.29, 0.717) is 17.9 Å². The molecule has 3 rings (SSSR count). The number of carbonyl (C=O) groups is 1. The summed E-state index contributed by atoms with van der Waals surface area (Å²) in [6.07, 6.45) is 9.70. The Morgan fingerprint density at radius 1 is 0.944 bits per heavy atom. The van der Waals surface area contributed by atoms with Gasteiger partial charge in [0.2, 0.25) is 0 Å². The van der Waals surface area contributed by atoms with Gasteiger partial charge in [0.05, 0.1) is 0 Å². The summed E-state index contributed by atoms with van der Waals surface area (Å²) in [4.78, 5) is 16.8. The van der Waals surface area contributed by atoms with E-state index in [4.69, 9.17) is 0 Å². The Labute approximate surface area is 111 Å². The number of hydrogen-bond acceptors (Lipinski definition) is 3. The first-order chi connectivity index (χ1) is 8.83. The summed E-state index contributed by atoms with van der Waals surface area (Å²) in [6.45, 7) is 5.11. The zero-order valence-electron chi connectivity index (χ0n) is 11.4. The molecule has 3 fully saturated rings. The van der Waals surface area contributed by atoms with Gasteiger partial charge in [-0.2, -0.15) is 0 Å². The van der Waals surface area contributed by atoms with Crippen LogP contribution in [0.25, 0.3) is 0 Å². The van der Waals surface area contributed by atoms with Crippen LogP contribution >= 0.6 is 0 Å². The number of hydrogen-bond donors (Lipinski definition) is 0. The van der Waals surface area contributed by atoms with E-state index in [2.05, 4.69) is 9.80 Å². The molecule has 2 atom stereocenters. The number of likely N-dealkylation sites (tertiary alicyclic amines) is 1. The number of fused-ring (bicyclic) bond motifs is 2. The molecule has 3 aliphatic rings. The summed E-state index contributed by atoms with van der Waals surface area (Å²) < 4.78 is 0. The van der Waals surface area contributed by atoms with Crippen molar-refractivity contribution in [1.29, 1.82) is 0 Å². The van der Waals surface area contributed by atoms with Crippen molar-refractivity contribution in [1.82, 2.24) is 9.80 Å². The van der Waals surface area contributed by atoms with E-state index in [9.17, 15) is 4.79 Å². The Morgan fingerprint density at radius 3 is 2.28 bits per heavy atom. The molecule has 2 bridgehead atoms. The minimum atomic E-state index is 0.509. The molecule has 3 saturated heterocycles. The molecule has 0 aliphatic carbocycles. The van der Waals surface area contributed by atoms with E-state index < -0.39 is 0 Å². The van der Waals surface area contributed by atoms with Crippen LogP contribution in [-0.2, 0) is 4.79 Å². The quantitative estimate of drug-likeness (QED) is 0.763. The van der Waals surface area contributed by atoms with E-state index in [1.165, 1.54) is 64.7 Å². The van der Waals surface area contributed by atoms with Gasteiger partial charge in [-0.1, -0.05) is 6.42 Å². The number of carbonyl (C=O) groups excluding carboxylic acids is 1. The van der Waals surface area contributed by atoms with Gasteiger partial charge < -0.3 is 4.90 Å². The lowest BCUT2D eigenvalue weighted by Crippen LogP contribution is -2.44. The van der Waals surface area contributed by atoms with Gasteiger partial charge in [0, 0.05) is 24.9 Å². The fourth-order valence-electron chi connectivity index (χ4n) is 4.09. The van der Waals surface area contributed by atoms with E-state index >= 15 is 0 Å². The topological polar surface area (TPSA) is 23.6 Å².